The smallest absolute Gasteiger partial charge is 0.445 e. The molecule has 272 valence electrons. The molecule has 0 atom stereocenters. The summed E-state index contributed by atoms with van der Waals surface area (Å²) in [6, 6.07) is 47.1. The first-order valence-corrected chi connectivity index (χ1v) is 17.8. The quantitative estimate of drug-likeness (QED) is 0.0331. The summed E-state index contributed by atoms with van der Waals surface area (Å²) in [6.45, 7) is -4.81. The number of benzene rings is 6. The number of carbonyl (C=O) groups is 1. The summed E-state index contributed by atoms with van der Waals surface area (Å²) in [5.41, 5.74) is 1.29. The van der Waals surface area contributed by atoms with Crippen LogP contribution in [0, 0.1) is 29.1 Å². The monoisotopic (exact) mass is 751 g/mol. The van der Waals surface area contributed by atoms with Crippen LogP contribution in [0.4, 0.5) is 40.6 Å². The molecular weight excluding hydrogens is 721 g/mol. The maximum absolute atomic E-state index is 14.3. The fourth-order valence-corrected chi connectivity index (χ4v) is 7.80. The molecular formula is C40H30BF8NO2S. The molecule has 0 aromatic heterocycles. The molecule has 0 bridgehead atoms. The van der Waals surface area contributed by atoms with E-state index < -0.39 is 51.5 Å². The van der Waals surface area contributed by atoms with Crippen LogP contribution in [0.2, 0.25) is 0 Å². The maximum Gasteiger partial charge on any atom is 0.515 e. The molecule has 0 spiro atoms. The van der Waals surface area contributed by atoms with Gasteiger partial charge < -0.3 is 17.8 Å². The van der Waals surface area contributed by atoms with Crippen molar-refractivity contribution < 1.29 is 43.9 Å². The van der Waals surface area contributed by atoms with Crippen molar-refractivity contribution in [3.63, 3.8) is 0 Å². The number of rotatable bonds is 11. The van der Waals surface area contributed by atoms with Gasteiger partial charge in [-0.15, -0.1) is 0 Å². The summed E-state index contributed by atoms with van der Waals surface area (Å²) >= 11 is 0. The predicted octanol–water partition coefficient (Wildman–Crippen LogP) is 10.1. The van der Waals surface area contributed by atoms with Gasteiger partial charge >= 0.3 is 6.98 Å². The van der Waals surface area contributed by atoms with Crippen molar-refractivity contribution in [3.05, 3.63) is 191 Å². The van der Waals surface area contributed by atoms with Gasteiger partial charge in [0, 0.05) is 24.3 Å². The topological polar surface area (TPSA) is 37.4 Å². The van der Waals surface area contributed by atoms with Crippen LogP contribution in [0.1, 0.15) is 21.5 Å². The highest BCUT2D eigenvalue weighted by atomic mass is 32.2. The van der Waals surface area contributed by atoms with Gasteiger partial charge in [0.1, 0.15) is 11.6 Å². The number of hydrogen-bond acceptors (Lipinski definition) is 3. The average molecular weight is 752 g/mol. The van der Waals surface area contributed by atoms with E-state index in [0.29, 0.717) is 15.4 Å². The minimum absolute atomic E-state index is 0.0713. The first-order valence-electron chi connectivity index (χ1n) is 16.1. The molecule has 0 aliphatic rings. The lowest BCUT2D eigenvalue weighted by molar-refractivity contribution is 0.102. The van der Waals surface area contributed by atoms with E-state index in [0.717, 1.165) is 18.8 Å². The Labute approximate surface area is 302 Å². The minimum atomic E-state index is -6.30. The average Bonchev–Trinajstić information content (AvgIpc) is 3.17. The van der Waals surface area contributed by atoms with Gasteiger partial charge in [-0.1, -0.05) is 101 Å². The van der Waals surface area contributed by atoms with Crippen molar-refractivity contribution in [1.29, 1.82) is 0 Å². The highest BCUT2D eigenvalue weighted by Crippen LogP contribution is 2.31. The van der Waals surface area contributed by atoms with Gasteiger partial charge in [0.2, 0.25) is 5.78 Å². The Balaban J connectivity index is 0.000000303. The molecule has 0 aliphatic heterocycles. The standard InChI is InChI=1S/C34H30NO2S.C6BF8/c36-34(27-38(37,32-17-9-3-10-18-32)33-19-11-4-12-20-33)30-21-23-31(24-22-30)35(25-28-13-5-1-6-14-28)26-29-15-7-2-8-16-29;8-2-1(7(13,14)15)3(9)5(11)6(12)4(2)10/h1-24H,25-27H2;/q+1;-1. The molecule has 0 saturated carbocycles. The largest absolute Gasteiger partial charge is 0.515 e. The third kappa shape index (κ3) is 9.28. The van der Waals surface area contributed by atoms with Gasteiger partial charge in [0.05, 0.1) is 0 Å². The minimum Gasteiger partial charge on any atom is -0.445 e. The van der Waals surface area contributed by atoms with Crippen LogP contribution in [-0.4, -0.2) is 18.5 Å². The van der Waals surface area contributed by atoms with Crippen molar-refractivity contribution in [2.45, 2.75) is 22.9 Å². The van der Waals surface area contributed by atoms with Crippen molar-refractivity contribution in [1.82, 2.24) is 0 Å². The SMILES string of the molecule is Fc1c(F)c(F)c([B-](F)(F)F)c(F)c1F.O=C(C[S+](=O)(c1ccccc1)c1ccccc1)c1ccc(N(Cc2ccccc2)Cc2ccccc2)cc1. The number of Topliss-reactive ketones (excluding diaryl/α,β-unsaturated/α-hetero) is 1. The van der Waals surface area contributed by atoms with E-state index in [4.69, 9.17) is 0 Å². The summed E-state index contributed by atoms with van der Waals surface area (Å²) in [5.74, 6) is -13.8. The Kier molecular flexibility index (Phi) is 12.3. The lowest BCUT2D eigenvalue weighted by Crippen LogP contribution is -2.41. The van der Waals surface area contributed by atoms with E-state index in [-0.39, 0.29) is 11.5 Å². The molecule has 3 nitrogen and oxygen atoms in total. The molecule has 6 aromatic rings. The molecule has 0 fully saturated rings. The van der Waals surface area contributed by atoms with E-state index >= 15 is 0 Å². The normalized spacial score (nSPS) is 11.4. The number of nitrogens with zero attached hydrogens (tertiary/aromatic N) is 1. The number of anilines is 1. The molecule has 6 aromatic carbocycles. The van der Waals surface area contributed by atoms with E-state index in [1.807, 2.05) is 97.1 Å². The van der Waals surface area contributed by atoms with Gasteiger partial charge in [-0.25, -0.2) is 22.0 Å². The summed E-state index contributed by atoms with van der Waals surface area (Å²) < 4.78 is 112. The van der Waals surface area contributed by atoms with Gasteiger partial charge in [-0.2, -0.15) is 0 Å². The maximum atomic E-state index is 14.3. The second-order valence-corrected chi connectivity index (χ2v) is 14.4. The molecule has 0 unspecified atom stereocenters. The number of hydrogen-bond donors (Lipinski definition) is 0. The van der Waals surface area contributed by atoms with Crippen LogP contribution in [0.25, 0.3) is 0 Å². The third-order valence-electron chi connectivity index (χ3n) is 8.14. The van der Waals surface area contributed by atoms with Gasteiger partial charge in [0.25, 0.3) is 0 Å². The first kappa shape index (κ1) is 38.7. The highest BCUT2D eigenvalue weighted by Gasteiger charge is 2.39. The number of halogens is 8. The molecule has 0 saturated heterocycles. The van der Waals surface area contributed by atoms with Crippen LogP contribution < -0.4 is 10.4 Å². The van der Waals surface area contributed by atoms with Crippen molar-refractivity contribution in [3.8, 4) is 0 Å². The molecule has 53 heavy (non-hydrogen) atoms. The van der Waals surface area contributed by atoms with Crippen molar-refractivity contribution in [2.75, 3.05) is 10.7 Å². The molecule has 0 N–H and O–H groups in total. The predicted molar refractivity (Wildman–Crippen MR) is 191 cm³/mol. The molecule has 6 rings (SSSR count). The Morgan fingerprint density at radius 3 is 1.25 bits per heavy atom. The van der Waals surface area contributed by atoms with Crippen LogP contribution in [0.5, 0.6) is 0 Å². The number of carbonyl (C=O) groups excluding carboxylic acids is 1. The van der Waals surface area contributed by atoms with E-state index in [1.165, 1.54) is 11.1 Å². The second kappa shape index (κ2) is 16.9. The van der Waals surface area contributed by atoms with Crippen molar-refractivity contribution in [2.24, 2.45) is 0 Å². The first-order chi connectivity index (χ1) is 25.3. The van der Waals surface area contributed by atoms with Crippen molar-refractivity contribution >= 4 is 33.8 Å². The summed E-state index contributed by atoms with van der Waals surface area (Å²) in [4.78, 5) is 17.1. The highest BCUT2D eigenvalue weighted by molar-refractivity contribution is 8.03. The van der Waals surface area contributed by atoms with Crippen LogP contribution >= 0.6 is 0 Å². The lowest BCUT2D eigenvalue weighted by atomic mass is 9.79. The zero-order valence-electron chi connectivity index (χ0n) is 27.8. The molecule has 0 amide bonds. The van der Waals surface area contributed by atoms with E-state index in [1.54, 1.807) is 0 Å². The summed E-state index contributed by atoms with van der Waals surface area (Å²) in [6.07, 6.45) is 0. The summed E-state index contributed by atoms with van der Waals surface area (Å²) in [5, 5.41) is 0. The fourth-order valence-electron chi connectivity index (χ4n) is 5.46. The van der Waals surface area contributed by atoms with Crippen LogP contribution in [0.3, 0.4) is 0 Å². The van der Waals surface area contributed by atoms with Crippen LogP contribution in [0.15, 0.2) is 155 Å². The molecule has 0 radical (unpaired) electrons. The van der Waals surface area contributed by atoms with E-state index in [2.05, 4.69) is 53.4 Å². The Hall–Kier alpha value is -5.56. The third-order valence-corrected chi connectivity index (χ3v) is 10.9. The Morgan fingerprint density at radius 2 is 0.868 bits per heavy atom. The Morgan fingerprint density at radius 1 is 0.509 bits per heavy atom. The Bertz CT molecular complexity index is 2080. The number of ketones is 1. The second-order valence-electron chi connectivity index (χ2n) is 11.8. The summed E-state index contributed by atoms with van der Waals surface area (Å²) in [7, 11) is -2.76. The fraction of sp³-hybridized carbons (Fsp3) is 0.0750. The van der Waals surface area contributed by atoms with Gasteiger partial charge in [0.15, 0.2) is 42.9 Å². The molecule has 0 aliphatic carbocycles. The lowest BCUT2D eigenvalue weighted by Gasteiger charge is -2.25. The van der Waals surface area contributed by atoms with Crippen LogP contribution in [-0.2, 0) is 27.2 Å². The zero-order valence-corrected chi connectivity index (χ0v) is 28.6. The molecule has 13 heteroatoms. The van der Waals surface area contributed by atoms with Gasteiger partial charge in [-0.3, -0.25) is 4.79 Å². The molecule has 0 heterocycles. The zero-order chi connectivity index (χ0) is 38.2. The van der Waals surface area contributed by atoms with Gasteiger partial charge in [-0.05, 0) is 65.1 Å². The van der Waals surface area contributed by atoms with E-state index in [9.17, 15) is 43.9 Å².